The van der Waals surface area contributed by atoms with Crippen LogP contribution in [0.2, 0.25) is 0 Å². The molecule has 0 aliphatic heterocycles. The monoisotopic (exact) mass is 316 g/mol. The molecule has 1 N–H and O–H groups in total. The molecule has 0 aliphatic rings. The van der Waals surface area contributed by atoms with Gasteiger partial charge in [-0.05, 0) is 22.8 Å². The molecule has 0 saturated heterocycles. The van der Waals surface area contributed by atoms with Crippen LogP contribution in [-0.4, -0.2) is 0 Å². The van der Waals surface area contributed by atoms with Crippen molar-refractivity contribution >= 4 is 47.1 Å². The lowest BCUT2D eigenvalue weighted by atomic mass is 10.1. The number of para-hydroxylation sites is 1. The fourth-order valence-corrected chi connectivity index (χ4v) is 2.40. The highest BCUT2D eigenvalue weighted by atomic mass is 35.5. The SMILES string of the molecule is Cl.ClCc1ccc(C=Cc2cc[nH+]c3ccccc23)cc1. The highest BCUT2D eigenvalue weighted by Crippen LogP contribution is 2.17. The average molecular weight is 317 g/mol. The quantitative estimate of drug-likeness (QED) is 0.605. The van der Waals surface area contributed by atoms with Crippen LogP contribution in [0.15, 0.2) is 60.8 Å². The van der Waals surface area contributed by atoms with Crippen molar-refractivity contribution in [2.45, 2.75) is 5.88 Å². The summed E-state index contributed by atoms with van der Waals surface area (Å²) in [6.45, 7) is 0. The molecule has 0 aliphatic carbocycles. The zero-order valence-electron chi connectivity index (χ0n) is 11.4. The predicted octanol–water partition coefficient (Wildman–Crippen LogP) is 4.98. The van der Waals surface area contributed by atoms with Crippen molar-refractivity contribution in [3.8, 4) is 0 Å². The summed E-state index contributed by atoms with van der Waals surface area (Å²) in [5.41, 5.74) is 4.67. The van der Waals surface area contributed by atoms with Gasteiger partial charge in [0.2, 0.25) is 5.52 Å². The first-order valence-corrected chi connectivity index (χ1v) is 7.13. The smallest absolute Gasteiger partial charge is 0.211 e. The van der Waals surface area contributed by atoms with E-state index in [9.17, 15) is 0 Å². The average Bonchev–Trinajstić information content (AvgIpc) is 2.53. The van der Waals surface area contributed by atoms with Gasteiger partial charge in [-0.1, -0.05) is 48.6 Å². The van der Waals surface area contributed by atoms with Crippen molar-refractivity contribution < 1.29 is 4.98 Å². The molecule has 0 amide bonds. The van der Waals surface area contributed by atoms with Crippen molar-refractivity contribution in [1.29, 1.82) is 0 Å². The van der Waals surface area contributed by atoms with Gasteiger partial charge < -0.3 is 0 Å². The standard InChI is InChI=1S/C18H14ClN.ClH/c19-13-15-7-5-14(6-8-15)9-10-16-11-12-20-18-4-2-1-3-17(16)18;/h1-12H,13H2;1H/p+1. The van der Waals surface area contributed by atoms with Crippen molar-refractivity contribution in [2.75, 3.05) is 0 Å². The van der Waals surface area contributed by atoms with Crippen molar-refractivity contribution in [2.24, 2.45) is 0 Å². The zero-order valence-corrected chi connectivity index (χ0v) is 13.0. The van der Waals surface area contributed by atoms with Gasteiger partial charge in [-0.25, -0.2) is 4.98 Å². The molecule has 2 aromatic carbocycles. The Morgan fingerprint density at radius 1 is 0.905 bits per heavy atom. The fourth-order valence-electron chi connectivity index (χ4n) is 2.22. The molecular weight excluding hydrogens is 301 g/mol. The molecule has 1 aromatic heterocycles. The maximum absolute atomic E-state index is 5.80. The van der Waals surface area contributed by atoms with E-state index in [0.717, 1.165) is 11.1 Å². The van der Waals surface area contributed by atoms with Crippen LogP contribution in [-0.2, 0) is 5.88 Å². The summed E-state index contributed by atoms with van der Waals surface area (Å²) in [5, 5.41) is 1.23. The van der Waals surface area contributed by atoms with E-state index in [1.165, 1.54) is 16.5 Å². The number of fused-ring (bicyclic) bond motifs is 1. The third-order valence-corrected chi connectivity index (χ3v) is 3.64. The van der Waals surface area contributed by atoms with E-state index in [1.54, 1.807) is 0 Å². The first-order chi connectivity index (χ1) is 9.86. The highest BCUT2D eigenvalue weighted by molar-refractivity contribution is 6.17. The molecule has 0 atom stereocenters. The summed E-state index contributed by atoms with van der Waals surface area (Å²) < 4.78 is 0. The van der Waals surface area contributed by atoms with E-state index >= 15 is 0 Å². The molecule has 3 rings (SSSR count). The number of aromatic nitrogens is 1. The van der Waals surface area contributed by atoms with Crippen LogP contribution in [0.1, 0.15) is 16.7 Å². The van der Waals surface area contributed by atoms with Crippen molar-refractivity contribution in [1.82, 2.24) is 0 Å². The van der Waals surface area contributed by atoms with Crippen LogP contribution in [0, 0.1) is 0 Å². The lowest BCUT2D eigenvalue weighted by molar-refractivity contribution is -0.344. The molecule has 1 heterocycles. The molecule has 0 spiro atoms. The van der Waals surface area contributed by atoms with Gasteiger partial charge in [-0.15, -0.1) is 24.0 Å². The molecule has 1 nitrogen and oxygen atoms in total. The minimum atomic E-state index is 0. The molecule has 21 heavy (non-hydrogen) atoms. The summed E-state index contributed by atoms with van der Waals surface area (Å²) in [6, 6.07) is 18.7. The molecule has 3 heteroatoms. The second-order valence-corrected chi connectivity index (χ2v) is 4.95. The Morgan fingerprint density at radius 3 is 2.43 bits per heavy atom. The topological polar surface area (TPSA) is 14.1 Å². The Morgan fingerprint density at radius 2 is 1.67 bits per heavy atom. The van der Waals surface area contributed by atoms with Crippen LogP contribution >= 0.6 is 24.0 Å². The lowest BCUT2D eigenvalue weighted by Gasteiger charge is -1.98. The number of nitrogens with one attached hydrogen (secondary N) is 1. The lowest BCUT2D eigenvalue weighted by Crippen LogP contribution is -2.02. The Balaban J connectivity index is 0.00000161. The third kappa shape index (κ3) is 3.63. The number of benzene rings is 2. The van der Waals surface area contributed by atoms with Gasteiger partial charge in [0.05, 0.1) is 5.39 Å². The summed E-state index contributed by atoms with van der Waals surface area (Å²) >= 11 is 5.80. The first kappa shape index (κ1) is 15.6. The van der Waals surface area contributed by atoms with Crippen LogP contribution in [0.5, 0.6) is 0 Å². The van der Waals surface area contributed by atoms with Gasteiger partial charge in [-0.2, -0.15) is 0 Å². The Hall–Kier alpha value is -1.83. The highest BCUT2D eigenvalue weighted by Gasteiger charge is 2.02. The van der Waals surface area contributed by atoms with Crippen LogP contribution in [0.25, 0.3) is 23.1 Å². The molecule has 0 unspecified atom stereocenters. The van der Waals surface area contributed by atoms with Gasteiger partial charge in [0, 0.05) is 18.0 Å². The van der Waals surface area contributed by atoms with Crippen LogP contribution < -0.4 is 4.98 Å². The van der Waals surface area contributed by atoms with Crippen molar-refractivity contribution in [3.05, 3.63) is 77.5 Å². The molecule has 3 aromatic rings. The predicted molar refractivity (Wildman–Crippen MR) is 92.7 cm³/mol. The number of hydrogen-bond acceptors (Lipinski definition) is 0. The number of hydrogen-bond donors (Lipinski definition) is 0. The van der Waals surface area contributed by atoms with Gasteiger partial charge >= 0.3 is 0 Å². The molecule has 0 saturated carbocycles. The number of rotatable bonds is 3. The van der Waals surface area contributed by atoms with E-state index in [-0.39, 0.29) is 12.4 Å². The number of pyridine rings is 1. The van der Waals surface area contributed by atoms with Gasteiger partial charge in [-0.3, -0.25) is 0 Å². The third-order valence-electron chi connectivity index (χ3n) is 3.33. The van der Waals surface area contributed by atoms with E-state index in [2.05, 4.69) is 65.7 Å². The summed E-state index contributed by atoms with van der Waals surface area (Å²) in [5.74, 6) is 0.559. The number of alkyl halides is 1. The number of H-pyrrole nitrogens is 1. The largest absolute Gasteiger partial charge is 0.211 e. The summed E-state index contributed by atoms with van der Waals surface area (Å²) in [6.07, 6.45) is 6.24. The Kier molecular flexibility index (Phi) is 5.38. The zero-order chi connectivity index (χ0) is 13.8. The Labute approximate surface area is 135 Å². The van der Waals surface area contributed by atoms with E-state index in [1.807, 2.05) is 12.3 Å². The summed E-state index contributed by atoms with van der Waals surface area (Å²) in [7, 11) is 0. The number of aromatic amines is 1. The van der Waals surface area contributed by atoms with E-state index in [4.69, 9.17) is 11.6 Å². The second-order valence-electron chi connectivity index (χ2n) is 4.69. The molecule has 0 radical (unpaired) electrons. The fraction of sp³-hybridized carbons (Fsp3) is 0.0556. The van der Waals surface area contributed by atoms with E-state index < -0.39 is 0 Å². The maximum Gasteiger partial charge on any atom is 0.211 e. The molecule has 106 valence electrons. The maximum atomic E-state index is 5.80. The Bertz CT molecular complexity index is 743. The van der Waals surface area contributed by atoms with E-state index in [0.29, 0.717) is 5.88 Å². The van der Waals surface area contributed by atoms with Gasteiger partial charge in [0.25, 0.3) is 0 Å². The first-order valence-electron chi connectivity index (χ1n) is 6.59. The minimum Gasteiger partial charge on any atom is -0.211 e. The molecule has 0 bridgehead atoms. The number of halogens is 2. The molecule has 0 fully saturated rings. The van der Waals surface area contributed by atoms with Crippen molar-refractivity contribution in [3.63, 3.8) is 0 Å². The molecular formula is C18H16Cl2N+. The van der Waals surface area contributed by atoms with Gasteiger partial charge in [0.15, 0.2) is 6.20 Å². The van der Waals surface area contributed by atoms with Crippen LogP contribution in [0.4, 0.5) is 0 Å². The minimum absolute atomic E-state index is 0. The normalized spacial score (nSPS) is 10.7. The van der Waals surface area contributed by atoms with Crippen LogP contribution in [0.3, 0.4) is 0 Å². The van der Waals surface area contributed by atoms with Gasteiger partial charge in [0.1, 0.15) is 0 Å². The second kappa shape index (κ2) is 7.26. The summed E-state index contributed by atoms with van der Waals surface area (Å²) in [4.78, 5) is 3.26.